The standard InChI is InChI=1S/C15H23NO2/c1-2-12-6-7-13(16-11-12)9-14(17)10-15-5-3-4-8-18-15/h6-7,11,14-15,17H,2-5,8-10H2,1H3. The summed E-state index contributed by atoms with van der Waals surface area (Å²) in [5.74, 6) is 0. The van der Waals surface area contributed by atoms with Crippen molar-refractivity contribution in [3.05, 3.63) is 29.6 Å². The first-order valence-corrected chi connectivity index (χ1v) is 7.01. The maximum absolute atomic E-state index is 10.1. The third kappa shape index (κ3) is 4.07. The van der Waals surface area contributed by atoms with Crippen LogP contribution in [0.15, 0.2) is 18.3 Å². The molecule has 0 bridgehead atoms. The summed E-state index contributed by atoms with van der Waals surface area (Å²) in [7, 11) is 0. The van der Waals surface area contributed by atoms with E-state index >= 15 is 0 Å². The van der Waals surface area contributed by atoms with Crippen LogP contribution in [0.3, 0.4) is 0 Å². The summed E-state index contributed by atoms with van der Waals surface area (Å²) in [6.45, 7) is 2.97. The third-order valence-corrected chi connectivity index (χ3v) is 3.55. The van der Waals surface area contributed by atoms with Gasteiger partial charge < -0.3 is 9.84 Å². The van der Waals surface area contributed by atoms with Gasteiger partial charge in [0.15, 0.2) is 0 Å². The van der Waals surface area contributed by atoms with Crippen molar-refractivity contribution < 1.29 is 9.84 Å². The molecule has 1 aliphatic rings. The molecule has 0 aromatic carbocycles. The molecule has 0 amide bonds. The molecule has 2 atom stereocenters. The predicted octanol–water partition coefficient (Wildman–Crippen LogP) is 2.51. The first kappa shape index (κ1) is 13.5. The summed E-state index contributed by atoms with van der Waals surface area (Å²) >= 11 is 0. The summed E-state index contributed by atoms with van der Waals surface area (Å²) in [6.07, 6.45) is 7.63. The predicted molar refractivity (Wildman–Crippen MR) is 71.5 cm³/mol. The molecule has 0 aliphatic carbocycles. The molecule has 3 nitrogen and oxygen atoms in total. The minimum absolute atomic E-state index is 0.240. The molecule has 1 aromatic rings. The monoisotopic (exact) mass is 249 g/mol. The van der Waals surface area contributed by atoms with Crippen LogP contribution < -0.4 is 0 Å². The van der Waals surface area contributed by atoms with Crippen LogP contribution in [0, 0.1) is 0 Å². The Morgan fingerprint density at radius 2 is 2.33 bits per heavy atom. The molecule has 2 heterocycles. The smallest absolute Gasteiger partial charge is 0.0620 e. The summed E-state index contributed by atoms with van der Waals surface area (Å²) < 4.78 is 5.64. The van der Waals surface area contributed by atoms with Crippen LogP contribution in [0.5, 0.6) is 0 Å². The lowest BCUT2D eigenvalue weighted by molar-refractivity contribution is -0.0149. The maximum Gasteiger partial charge on any atom is 0.0620 e. The quantitative estimate of drug-likeness (QED) is 0.872. The number of rotatable bonds is 5. The van der Waals surface area contributed by atoms with Crippen LogP contribution in [-0.4, -0.2) is 28.9 Å². The van der Waals surface area contributed by atoms with Crippen LogP contribution >= 0.6 is 0 Å². The number of pyridine rings is 1. The van der Waals surface area contributed by atoms with Gasteiger partial charge in [0.25, 0.3) is 0 Å². The molecule has 1 fully saturated rings. The van der Waals surface area contributed by atoms with Gasteiger partial charge in [0, 0.05) is 24.9 Å². The third-order valence-electron chi connectivity index (χ3n) is 3.55. The Kier molecular flexibility index (Phi) is 5.14. The SMILES string of the molecule is CCc1ccc(CC(O)CC2CCCCO2)nc1. The molecule has 1 saturated heterocycles. The number of nitrogens with zero attached hydrogens (tertiary/aromatic N) is 1. The minimum Gasteiger partial charge on any atom is -0.393 e. The number of hydrogen-bond acceptors (Lipinski definition) is 3. The molecule has 1 aromatic heterocycles. The number of hydrogen-bond donors (Lipinski definition) is 1. The number of aliphatic hydroxyl groups is 1. The van der Waals surface area contributed by atoms with E-state index in [9.17, 15) is 5.11 Å². The van der Waals surface area contributed by atoms with E-state index < -0.39 is 0 Å². The lowest BCUT2D eigenvalue weighted by atomic mass is 10.0. The van der Waals surface area contributed by atoms with Gasteiger partial charge in [-0.2, -0.15) is 0 Å². The second-order valence-corrected chi connectivity index (χ2v) is 5.09. The van der Waals surface area contributed by atoms with Gasteiger partial charge in [-0.05, 0) is 43.7 Å². The Balaban J connectivity index is 1.80. The summed E-state index contributed by atoms with van der Waals surface area (Å²) in [4.78, 5) is 4.38. The first-order valence-electron chi connectivity index (χ1n) is 7.01. The van der Waals surface area contributed by atoms with Crippen molar-refractivity contribution in [1.82, 2.24) is 4.98 Å². The average Bonchev–Trinajstić information content (AvgIpc) is 2.40. The summed E-state index contributed by atoms with van der Waals surface area (Å²) in [5.41, 5.74) is 2.21. The molecular weight excluding hydrogens is 226 g/mol. The number of ether oxygens (including phenoxy) is 1. The van der Waals surface area contributed by atoms with Crippen molar-refractivity contribution in [2.75, 3.05) is 6.61 Å². The van der Waals surface area contributed by atoms with Gasteiger partial charge in [-0.25, -0.2) is 0 Å². The van der Waals surface area contributed by atoms with Gasteiger partial charge in [0.05, 0.1) is 12.2 Å². The van der Waals surface area contributed by atoms with E-state index in [1.54, 1.807) is 0 Å². The van der Waals surface area contributed by atoms with E-state index in [4.69, 9.17) is 4.74 Å². The lowest BCUT2D eigenvalue weighted by Crippen LogP contribution is -2.26. The van der Waals surface area contributed by atoms with Gasteiger partial charge in [-0.15, -0.1) is 0 Å². The molecule has 0 radical (unpaired) electrons. The largest absolute Gasteiger partial charge is 0.393 e. The Labute approximate surface area is 109 Å². The zero-order valence-electron chi connectivity index (χ0n) is 11.1. The van der Waals surface area contributed by atoms with E-state index in [-0.39, 0.29) is 12.2 Å². The van der Waals surface area contributed by atoms with Crippen LogP contribution in [0.4, 0.5) is 0 Å². The highest BCUT2D eigenvalue weighted by atomic mass is 16.5. The fourth-order valence-electron chi connectivity index (χ4n) is 2.41. The van der Waals surface area contributed by atoms with Crippen molar-refractivity contribution >= 4 is 0 Å². The molecule has 2 unspecified atom stereocenters. The minimum atomic E-state index is -0.340. The Morgan fingerprint density at radius 3 is 2.94 bits per heavy atom. The maximum atomic E-state index is 10.1. The fourth-order valence-corrected chi connectivity index (χ4v) is 2.41. The second-order valence-electron chi connectivity index (χ2n) is 5.09. The van der Waals surface area contributed by atoms with E-state index in [2.05, 4.69) is 18.0 Å². The zero-order valence-corrected chi connectivity index (χ0v) is 11.1. The highest BCUT2D eigenvalue weighted by molar-refractivity contribution is 5.14. The molecule has 1 N–H and O–H groups in total. The normalized spacial score (nSPS) is 21.8. The molecule has 0 spiro atoms. The summed E-state index contributed by atoms with van der Waals surface area (Å²) in [5, 5.41) is 10.1. The van der Waals surface area contributed by atoms with Crippen molar-refractivity contribution in [1.29, 1.82) is 0 Å². The topological polar surface area (TPSA) is 42.4 Å². The number of aliphatic hydroxyl groups excluding tert-OH is 1. The fraction of sp³-hybridized carbons (Fsp3) is 0.667. The van der Waals surface area contributed by atoms with Crippen molar-refractivity contribution in [3.8, 4) is 0 Å². The Hall–Kier alpha value is -0.930. The average molecular weight is 249 g/mol. The highest BCUT2D eigenvalue weighted by Crippen LogP contribution is 2.18. The highest BCUT2D eigenvalue weighted by Gasteiger charge is 2.18. The van der Waals surface area contributed by atoms with E-state index in [0.29, 0.717) is 6.42 Å². The van der Waals surface area contributed by atoms with E-state index in [1.165, 1.54) is 12.0 Å². The van der Waals surface area contributed by atoms with Crippen molar-refractivity contribution in [3.63, 3.8) is 0 Å². The lowest BCUT2D eigenvalue weighted by Gasteiger charge is -2.24. The van der Waals surface area contributed by atoms with Crippen molar-refractivity contribution in [2.45, 2.75) is 57.7 Å². The Bertz CT molecular complexity index is 344. The number of aryl methyl sites for hydroxylation is 1. The van der Waals surface area contributed by atoms with Crippen LogP contribution in [0.2, 0.25) is 0 Å². The van der Waals surface area contributed by atoms with Crippen molar-refractivity contribution in [2.24, 2.45) is 0 Å². The van der Waals surface area contributed by atoms with Crippen LogP contribution in [0.25, 0.3) is 0 Å². The van der Waals surface area contributed by atoms with E-state index in [1.807, 2.05) is 12.3 Å². The van der Waals surface area contributed by atoms with Gasteiger partial charge in [0.2, 0.25) is 0 Å². The molecular formula is C15H23NO2. The van der Waals surface area contributed by atoms with E-state index in [0.717, 1.165) is 38.0 Å². The molecule has 100 valence electrons. The molecule has 2 rings (SSSR count). The van der Waals surface area contributed by atoms with Gasteiger partial charge in [-0.3, -0.25) is 4.98 Å². The molecule has 0 saturated carbocycles. The Morgan fingerprint density at radius 1 is 1.44 bits per heavy atom. The van der Waals surface area contributed by atoms with Gasteiger partial charge in [-0.1, -0.05) is 13.0 Å². The summed E-state index contributed by atoms with van der Waals surface area (Å²) in [6, 6.07) is 4.11. The zero-order chi connectivity index (χ0) is 12.8. The molecule has 18 heavy (non-hydrogen) atoms. The van der Waals surface area contributed by atoms with Crippen LogP contribution in [-0.2, 0) is 17.6 Å². The molecule has 1 aliphatic heterocycles. The first-order chi connectivity index (χ1) is 8.78. The van der Waals surface area contributed by atoms with Crippen LogP contribution in [0.1, 0.15) is 43.9 Å². The van der Waals surface area contributed by atoms with Gasteiger partial charge in [0.1, 0.15) is 0 Å². The van der Waals surface area contributed by atoms with Gasteiger partial charge >= 0.3 is 0 Å². The number of aromatic nitrogens is 1. The molecule has 3 heteroatoms. The second kappa shape index (κ2) is 6.86.